The lowest BCUT2D eigenvalue weighted by Gasteiger charge is -2.21. The summed E-state index contributed by atoms with van der Waals surface area (Å²) >= 11 is 0. The summed E-state index contributed by atoms with van der Waals surface area (Å²) in [5.41, 5.74) is 4.58. The second-order valence-electron chi connectivity index (χ2n) is 4.70. The second kappa shape index (κ2) is 7.85. The molecular formula is C13H19N3O5S. The quantitative estimate of drug-likeness (QED) is 0.539. The van der Waals surface area contributed by atoms with Crippen LogP contribution in [0.3, 0.4) is 0 Å². The highest BCUT2D eigenvalue weighted by Gasteiger charge is 2.30. The maximum absolute atomic E-state index is 12.6. The number of nitro groups is 1. The van der Waals surface area contributed by atoms with E-state index in [1.165, 1.54) is 18.2 Å². The summed E-state index contributed by atoms with van der Waals surface area (Å²) in [6.45, 7) is 1.98. The first kappa shape index (κ1) is 18.1. The van der Waals surface area contributed by atoms with Crippen LogP contribution >= 0.6 is 0 Å². The van der Waals surface area contributed by atoms with Crippen molar-refractivity contribution >= 4 is 21.6 Å². The van der Waals surface area contributed by atoms with Crippen molar-refractivity contribution in [1.82, 2.24) is 4.31 Å². The summed E-state index contributed by atoms with van der Waals surface area (Å²) in [5, 5.41) is 11.0. The van der Waals surface area contributed by atoms with E-state index in [0.717, 1.165) is 16.8 Å². The van der Waals surface area contributed by atoms with Crippen molar-refractivity contribution in [2.75, 3.05) is 13.1 Å². The van der Waals surface area contributed by atoms with Crippen molar-refractivity contribution in [3.8, 4) is 0 Å². The number of hydrogen-bond donors (Lipinski definition) is 1. The summed E-state index contributed by atoms with van der Waals surface area (Å²) in [6.07, 6.45) is 1.20. The third-order valence-corrected chi connectivity index (χ3v) is 4.99. The summed E-state index contributed by atoms with van der Waals surface area (Å²) in [5.74, 6) is -0.626. The van der Waals surface area contributed by atoms with Gasteiger partial charge in [-0.2, -0.15) is 4.31 Å². The second-order valence-corrected chi connectivity index (χ2v) is 6.61. The minimum absolute atomic E-state index is 0.0935. The van der Waals surface area contributed by atoms with E-state index in [9.17, 15) is 23.3 Å². The van der Waals surface area contributed by atoms with Gasteiger partial charge in [-0.05, 0) is 12.5 Å². The summed E-state index contributed by atoms with van der Waals surface area (Å²) in [7, 11) is -4.06. The van der Waals surface area contributed by atoms with Gasteiger partial charge in [0.25, 0.3) is 5.69 Å². The average molecular weight is 329 g/mol. The largest absolute Gasteiger partial charge is 0.370 e. The standard InChI is InChI=1S/C13H19N3O5S/c1-2-3-9-15(10-8-13(14)17)22(20,21)12-7-5-4-6-11(12)16(18)19/h4-7H,2-3,8-10H2,1H3,(H2,14,17). The number of carbonyl (C=O) groups is 1. The van der Waals surface area contributed by atoms with E-state index >= 15 is 0 Å². The Morgan fingerprint density at radius 2 is 1.95 bits per heavy atom. The van der Waals surface area contributed by atoms with Crippen molar-refractivity contribution in [2.24, 2.45) is 5.73 Å². The number of sulfonamides is 1. The maximum atomic E-state index is 12.6. The lowest BCUT2D eigenvalue weighted by atomic mass is 10.3. The van der Waals surface area contributed by atoms with Crippen molar-refractivity contribution in [2.45, 2.75) is 31.1 Å². The molecule has 9 heteroatoms. The van der Waals surface area contributed by atoms with Gasteiger partial charge in [0.1, 0.15) is 0 Å². The molecule has 0 unspecified atom stereocenters. The van der Waals surface area contributed by atoms with Gasteiger partial charge in [-0.3, -0.25) is 14.9 Å². The Kier molecular flexibility index (Phi) is 6.44. The Balaban J connectivity index is 3.20. The molecule has 0 radical (unpaired) electrons. The van der Waals surface area contributed by atoms with Gasteiger partial charge in [-0.15, -0.1) is 0 Å². The molecule has 0 saturated heterocycles. The number of primary amides is 1. The fourth-order valence-electron chi connectivity index (χ4n) is 1.89. The number of hydrogen-bond acceptors (Lipinski definition) is 5. The first-order chi connectivity index (χ1) is 10.3. The molecule has 0 aromatic heterocycles. The zero-order valence-electron chi connectivity index (χ0n) is 12.3. The summed E-state index contributed by atoms with van der Waals surface area (Å²) in [6, 6.07) is 5.15. The molecule has 1 aromatic carbocycles. The Labute approximate surface area is 129 Å². The number of unbranched alkanes of at least 4 members (excludes halogenated alkanes) is 1. The van der Waals surface area contributed by atoms with Gasteiger partial charge in [0.05, 0.1) is 4.92 Å². The monoisotopic (exact) mass is 329 g/mol. The van der Waals surface area contributed by atoms with E-state index in [1.54, 1.807) is 0 Å². The predicted molar refractivity (Wildman–Crippen MR) is 80.6 cm³/mol. The first-order valence-electron chi connectivity index (χ1n) is 6.82. The van der Waals surface area contributed by atoms with Crippen LogP contribution in [0.1, 0.15) is 26.2 Å². The smallest absolute Gasteiger partial charge is 0.289 e. The lowest BCUT2D eigenvalue weighted by Crippen LogP contribution is -2.35. The zero-order valence-corrected chi connectivity index (χ0v) is 13.1. The highest BCUT2D eigenvalue weighted by atomic mass is 32.2. The molecule has 22 heavy (non-hydrogen) atoms. The Bertz CT molecular complexity index is 645. The van der Waals surface area contributed by atoms with Gasteiger partial charge < -0.3 is 5.73 Å². The van der Waals surface area contributed by atoms with Crippen LogP contribution < -0.4 is 5.73 Å². The van der Waals surface area contributed by atoms with Crippen LogP contribution in [0.15, 0.2) is 29.2 Å². The minimum Gasteiger partial charge on any atom is -0.370 e. The van der Waals surface area contributed by atoms with E-state index < -0.39 is 26.5 Å². The molecule has 0 aliphatic rings. The zero-order chi connectivity index (χ0) is 16.8. The Hall–Kier alpha value is -2.00. The topological polar surface area (TPSA) is 124 Å². The van der Waals surface area contributed by atoms with Crippen molar-refractivity contribution in [3.05, 3.63) is 34.4 Å². The fourth-order valence-corrected chi connectivity index (χ4v) is 3.52. The highest BCUT2D eigenvalue weighted by molar-refractivity contribution is 7.89. The number of rotatable bonds is 9. The van der Waals surface area contributed by atoms with E-state index in [-0.39, 0.29) is 24.4 Å². The molecule has 0 aliphatic carbocycles. The molecule has 0 atom stereocenters. The van der Waals surface area contributed by atoms with Crippen molar-refractivity contribution in [3.63, 3.8) is 0 Å². The van der Waals surface area contributed by atoms with Gasteiger partial charge in [-0.1, -0.05) is 25.5 Å². The molecule has 1 aromatic rings. The SMILES string of the molecule is CCCCN(CCC(N)=O)S(=O)(=O)c1ccccc1[N+](=O)[O-]. The molecule has 122 valence electrons. The number of para-hydroxylation sites is 1. The summed E-state index contributed by atoms with van der Waals surface area (Å²) < 4.78 is 26.4. The molecule has 8 nitrogen and oxygen atoms in total. The predicted octanol–water partition coefficient (Wildman–Crippen LogP) is 1.26. The van der Waals surface area contributed by atoms with Crippen LogP contribution in [-0.4, -0.2) is 36.6 Å². The molecule has 0 spiro atoms. The molecular weight excluding hydrogens is 310 g/mol. The van der Waals surface area contributed by atoms with Crippen LogP contribution in [0.5, 0.6) is 0 Å². The van der Waals surface area contributed by atoms with Gasteiger partial charge in [0.15, 0.2) is 4.90 Å². The van der Waals surface area contributed by atoms with Crippen LogP contribution in [-0.2, 0) is 14.8 Å². The third-order valence-electron chi connectivity index (χ3n) is 3.05. The maximum Gasteiger partial charge on any atom is 0.289 e. The third kappa shape index (κ3) is 4.50. The molecule has 0 heterocycles. The van der Waals surface area contributed by atoms with Gasteiger partial charge >= 0.3 is 0 Å². The molecule has 2 N–H and O–H groups in total. The molecule has 0 saturated carbocycles. The van der Waals surface area contributed by atoms with Crippen molar-refractivity contribution in [1.29, 1.82) is 0 Å². The van der Waals surface area contributed by atoms with Crippen LogP contribution in [0.25, 0.3) is 0 Å². The molecule has 1 rings (SSSR count). The minimum atomic E-state index is -4.06. The van der Waals surface area contributed by atoms with E-state index in [0.29, 0.717) is 6.42 Å². The number of carbonyl (C=O) groups excluding carboxylic acids is 1. The Morgan fingerprint density at radius 1 is 1.32 bits per heavy atom. The van der Waals surface area contributed by atoms with Gasteiger partial charge in [0, 0.05) is 25.6 Å². The number of nitro benzene ring substituents is 1. The molecule has 1 amide bonds. The van der Waals surface area contributed by atoms with Gasteiger partial charge in [-0.25, -0.2) is 8.42 Å². The van der Waals surface area contributed by atoms with Gasteiger partial charge in [0.2, 0.25) is 15.9 Å². The number of benzene rings is 1. The average Bonchev–Trinajstić information content (AvgIpc) is 2.46. The fraction of sp³-hybridized carbons (Fsp3) is 0.462. The number of nitrogens with zero attached hydrogens (tertiary/aromatic N) is 2. The number of amides is 1. The molecule has 0 aliphatic heterocycles. The normalized spacial score (nSPS) is 11.5. The summed E-state index contributed by atoms with van der Waals surface area (Å²) in [4.78, 5) is 20.8. The lowest BCUT2D eigenvalue weighted by molar-refractivity contribution is -0.387. The van der Waals surface area contributed by atoms with Crippen LogP contribution in [0, 0.1) is 10.1 Å². The van der Waals surface area contributed by atoms with E-state index in [2.05, 4.69) is 0 Å². The highest BCUT2D eigenvalue weighted by Crippen LogP contribution is 2.26. The van der Waals surface area contributed by atoms with Crippen molar-refractivity contribution < 1.29 is 18.1 Å². The van der Waals surface area contributed by atoms with Crippen LogP contribution in [0.4, 0.5) is 5.69 Å². The van der Waals surface area contributed by atoms with E-state index in [4.69, 9.17) is 5.73 Å². The van der Waals surface area contributed by atoms with Crippen LogP contribution in [0.2, 0.25) is 0 Å². The van der Waals surface area contributed by atoms with E-state index in [1.807, 2.05) is 6.92 Å². The first-order valence-corrected chi connectivity index (χ1v) is 8.26. The number of nitrogens with two attached hydrogens (primary N) is 1. The Morgan fingerprint density at radius 3 is 2.50 bits per heavy atom. The molecule has 0 bridgehead atoms. The molecule has 0 fully saturated rings.